The summed E-state index contributed by atoms with van der Waals surface area (Å²) in [6, 6.07) is 8.48. The van der Waals surface area contributed by atoms with Gasteiger partial charge in [0.1, 0.15) is 5.82 Å². The minimum absolute atomic E-state index is 0.100. The van der Waals surface area contributed by atoms with Crippen LogP contribution in [-0.2, 0) is 10.0 Å². The van der Waals surface area contributed by atoms with Crippen molar-refractivity contribution in [3.05, 3.63) is 36.5 Å². The number of benzene rings is 1. The molecule has 0 amide bonds. The first-order chi connectivity index (χ1) is 12.1. The van der Waals surface area contributed by atoms with Gasteiger partial charge in [0.15, 0.2) is 11.5 Å². The number of nitrogens with one attached hydrogen (secondary N) is 2. The standard InChI is InChI=1S/C17H19N3O4S/c21-25(22,14-6-7-15-16(9-14)24-11-23-15)20-17-8-5-13(10-18-17)19-12-3-1-2-4-12/h5-10,12,19H,1-4,11H2,(H,18,20). The Morgan fingerprint density at radius 3 is 2.60 bits per heavy atom. The lowest BCUT2D eigenvalue weighted by Gasteiger charge is -2.13. The summed E-state index contributed by atoms with van der Waals surface area (Å²) in [5.74, 6) is 1.24. The number of hydrogen-bond acceptors (Lipinski definition) is 6. The van der Waals surface area contributed by atoms with Gasteiger partial charge in [0.25, 0.3) is 10.0 Å². The van der Waals surface area contributed by atoms with Gasteiger partial charge in [-0.05, 0) is 37.1 Å². The summed E-state index contributed by atoms with van der Waals surface area (Å²) in [5.41, 5.74) is 0.901. The van der Waals surface area contributed by atoms with Crippen molar-refractivity contribution in [2.45, 2.75) is 36.6 Å². The number of pyridine rings is 1. The SMILES string of the molecule is O=S(=O)(Nc1ccc(NC2CCCC2)cn1)c1ccc2c(c1)OCO2. The molecule has 0 spiro atoms. The first kappa shape index (κ1) is 16.0. The Hall–Kier alpha value is -2.48. The lowest BCUT2D eigenvalue weighted by molar-refractivity contribution is 0.174. The van der Waals surface area contributed by atoms with E-state index < -0.39 is 10.0 Å². The van der Waals surface area contributed by atoms with E-state index in [1.54, 1.807) is 18.3 Å². The highest BCUT2D eigenvalue weighted by Crippen LogP contribution is 2.34. The molecular formula is C17H19N3O4S. The average Bonchev–Trinajstić information content (AvgIpc) is 3.27. The number of ether oxygens (including phenoxy) is 2. The molecule has 8 heteroatoms. The maximum absolute atomic E-state index is 12.5. The van der Waals surface area contributed by atoms with E-state index in [0.29, 0.717) is 17.5 Å². The second-order valence-corrected chi connectivity index (χ2v) is 7.86. The highest BCUT2D eigenvalue weighted by Gasteiger charge is 2.21. The Bertz CT molecular complexity index is 862. The Morgan fingerprint density at radius 2 is 1.84 bits per heavy atom. The first-order valence-electron chi connectivity index (χ1n) is 8.25. The van der Waals surface area contributed by atoms with Crippen LogP contribution >= 0.6 is 0 Å². The highest BCUT2D eigenvalue weighted by molar-refractivity contribution is 7.92. The van der Waals surface area contributed by atoms with Gasteiger partial charge in [-0.2, -0.15) is 0 Å². The summed E-state index contributed by atoms with van der Waals surface area (Å²) >= 11 is 0. The van der Waals surface area contributed by atoms with E-state index >= 15 is 0 Å². The van der Waals surface area contributed by atoms with E-state index in [1.807, 2.05) is 6.07 Å². The topological polar surface area (TPSA) is 89.6 Å². The van der Waals surface area contributed by atoms with Crippen LogP contribution in [0.5, 0.6) is 11.5 Å². The van der Waals surface area contributed by atoms with Gasteiger partial charge < -0.3 is 14.8 Å². The molecule has 0 unspecified atom stereocenters. The molecule has 0 bridgehead atoms. The molecule has 1 aliphatic heterocycles. The normalized spacial score (nSPS) is 16.8. The third-order valence-corrected chi connectivity index (χ3v) is 5.74. The molecule has 2 aliphatic rings. The van der Waals surface area contributed by atoms with Gasteiger partial charge in [0.2, 0.25) is 6.79 Å². The third-order valence-electron chi connectivity index (χ3n) is 4.38. The van der Waals surface area contributed by atoms with E-state index in [1.165, 1.54) is 37.8 Å². The van der Waals surface area contributed by atoms with E-state index in [4.69, 9.17) is 9.47 Å². The lowest BCUT2D eigenvalue weighted by Crippen LogP contribution is -2.16. The van der Waals surface area contributed by atoms with Gasteiger partial charge in [-0.25, -0.2) is 13.4 Å². The van der Waals surface area contributed by atoms with Crippen molar-refractivity contribution >= 4 is 21.5 Å². The number of sulfonamides is 1. The minimum Gasteiger partial charge on any atom is -0.454 e. The summed E-state index contributed by atoms with van der Waals surface area (Å²) in [5, 5.41) is 3.42. The second-order valence-electron chi connectivity index (χ2n) is 6.18. The molecule has 25 heavy (non-hydrogen) atoms. The quantitative estimate of drug-likeness (QED) is 0.851. The molecule has 0 saturated heterocycles. The monoisotopic (exact) mass is 361 g/mol. The largest absolute Gasteiger partial charge is 0.454 e. The van der Waals surface area contributed by atoms with Crippen LogP contribution in [0.15, 0.2) is 41.4 Å². The highest BCUT2D eigenvalue weighted by atomic mass is 32.2. The first-order valence-corrected chi connectivity index (χ1v) is 9.73. The van der Waals surface area contributed by atoms with Crippen molar-refractivity contribution in [2.24, 2.45) is 0 Å². The molecule has 0 atom stereocenters. The number of nitrogens with zero attached hydrogens (tertiary/aromatic N) is 1. The average molecular weight is 361 g/mol. The van der Waals surface area contributed by atoms with E-state index in [0.717, 1.165) is 5.69 Å². The summed E-state index contributed by atoms with van der Waals surface area (Å²) < 4.78 is 37.9. The minimum atomic E-state index is -3.74. The maximum Gasteiger partial charge on any atom is 0.263 e. The Balaban J connectivity index is 1.47. The van der Waals surface area contributed by atoms with Crippen LogP contribution in [-0.4, -0.2) is 26.2 Å². The summed E-state index contributed by atoms with van der Waals surface area (Å²) in [7, 11) is -3.74. The van der Waals surface area contributed by atoms with E-state index in [2.05, 4.69) is 15.0 Å². The predicted octanol–water partition coefficient (Wildman–Crippen LogP) is 2.97. The molecule has 1 aromatic heterocycles. The third kappa shape index (κ3) is 3.48. The molecule has 1 aromatic carbocycles. The number of anilines is 2. The van der Waals surface area contributed by atoms with Gasteiger partial charge in [0.05, 0.1) is 16.8 Å². The van der Waals surface area contributed by atoms with Crippen LogP contribution < -0.4 is 19.5 Å². The smallest absolute Gasteiger partial charge is 0.263 e. The molecule has 2 aromatic rings. The fourth-order valence-electron chi connectivity index (χ4n) is 3.09. The fourth-order valence-corrected chi connectivity index (χ4v) is 4.11. The fraction of sp³-hybridized carbons (Fsp3) is 0.353. The van der Waals surface area contributed by atoms with Crippen molar-refractivity contribution < 1.29 is 17.9 Å². The zero-order valence-electron chi connectivity index (χ0n) is 13.6. The molecule has 0 radical (unpaired) electrons. The molecule has 1 fully saturated rings. The number of hydrogen-bond donors (Lipinski definition) is 2. The summed E-state index contributed by atoms with van der Waals surface area (Å²) in [6.45, 7) is 0.100. The van der Waals surface area contributed by atoms with Crippen LogP contribution in [0.4, 0.5) is 11.5 Å². The predicted molar refractivity (Wildman–Crippen MR) is 93.5 cm³/mol. The van der Waals surface area contributed by atoms with Gasteiger partial charge in [-0.3, -0.25) is 4.72 Å². The maximum atomic E-state index is 12.5. The molecule has 1 aliphatic carbocycles. The number of fused-ring (bicyclic) bond motifs is 1. The second kappa shape index (κ2) is 6.44. The van der Waals surface area contributed by atoms with Crippen molar-refractivity contribution in [3.8, 4) is 11.5 Å². The molecule has 2 N–H and O–H groups in total. The van der Waals surface area contributed by atoms with Crippen molar-refractivity contribution in [1.29, 1.82) is 0 Å². The molecule has 1 saturated carbocycles. The lowest BCUT2D eigenvalue weighted by atomic mass is 10.2. The summed E-state index contributed by atoms with van der Waals surface area (Å²) in [4.78, 5) is 4.30. The van der Waals surface area contributed by atoms with Crippen LogP contribution in [0.2, 0.25) is 0 Å². The molecule has 132 valence electrons. The van der Waals surface area contributed by atoms with Crippen LogP contribution in [0.25, 0.3) is 0 Å². The molecule has 4 rings (SSSR count). The molecule has 2 heterocycles. The zero-order chi connectivity index (χ0) is 17.3. The Labute approximate surface area is 146 Å². The van der Waals surface area contributed by atoms with Gasteiger partial charge in [-0.1, -0.05) is 12.8 Å². The van der Waals surface area contributed by atoms with Crippen molar-refractivity contribution in [3.63, 3.8) is 0 Å². The van der Waals surface area contributed by atoms with E-state index in [-0.39, 0.29) is 17.5 Å². The summed E-state index contributed by atoms with van der Waals surface area (Å²) in [6.07, 6.45) is 6.48. The zero-order valence-corrected chi connectivity index (χ0v) is 14.4. The number of rotatable bonds is 5. The molecule has 7 nitrogen and oxygen atoms in total. The van der Waals surface area contributed by atoms with Gasteiger partial charge in [0, 0.05) is 12.1 Å². The van der Waals surface area contributed by atoms with Crippen LogP contribution in [0.1, 0.15) is 25.7 Å². The van der Waals surface area contributed by atoms with Gasteiger partial charge in [-0.15, -0.1) is 0 Å². The van der Waals surface area contributed by atoms with Crippen LogP contribution in [0, 0.1) is 0 Å². The Kier molecular flexibility index (Phi) is 4.12. The van der Waals surface area contributed by atoms with Crippen molar-refractivity contribution in [1.82, 2.24) is 4.98 Å². The molecular weight excluding hydrogens is 342 g/mol. The van der Waals surface area contributed by atoms with E-state index in [9.17, 15) is 8.42 Å². The van der Waals surface area contributed by atoms with Crippen LogP contribution in [0.3, 0.4) is 0 Å². The Morgan fingerprint density at radius 1 is 1.04 bits per heavy atom. The van der Waals surface area contributed by atoms with Crippen molar-refractivity contribution in [2.75, 3.05) is 16.8 Å². The van der Waals surface area contributed by atoms with Gasteiger partial charge >= 0.3 is 0 Å². The number of aromatic nitrogens is 1.